The molecule has 1 amide bonds. The van der Waals surface area contributed by atoms with E-state index in [0.717, 1.165) is 18.4 Å². The fraction of sp³-hybridized carbons (Fsp3) is 0.292. The largest absolute Gasteiger partial charge is 0.330 e. The van der Waals surface area contributed by atoms with E-state index in [2.05, 4.69) is 48.2 Å². The smallest absolute Gasteiger partial charge is 0.307 e. The molecule has 2 aliphatic rings. The molecule has 1 aliphatic heterocycles. The van der Waals surface area contributed by atoms with Gasteiger partial charge in [-0.2, -0.15) is 0 Å². The topological polar surface area (TPSA) is 25.2 Å². The number of benzene rings is 2. The quantitative estimate of drug-likeness (QED) is 0.530. The van der Waals surface area contributed by atoms with Crippen LogP contribution >= 0.6 is 0 Å². The van der Waals surface area contributed by atoms with E-state index in [1.807, 2.05) is 28.8 Å². The second kappa shape index (κ2) is 6.41. The predicted octanol–water partition coefficient (Wildman–Crippen LogP) is 5.98. The molecule has 0 spiro atoms. The number of hydrogen-bond donors (Lipinski definition) is 0. The van der Waals surface area contributed by atoms with E-state index in [1.54, 1.807) is 0 Å². The Morgan fingerprint density at radius 2 is 1.78 bits per heavy atom. The highest BCUT2D eigenvalue weighted by Crippen LogP contribution is 2.44. The Hall–Kier alpha value is -2.81. The number of carbonyl (C=O) groups excluding carboxylic acids is 1. The summed E-state index contributed by atoms with van der Waals surface area (Å²) in [5, 5.41) is 1.20. The lowest BCUT2D eigenvalue weighted by atomic mass is 9.90. The molecule has 0 radical (unpaired) electrons. The van der Waals surface area contributed by atoms with Crippen LogP contribution in [0, 0.1) is 6.92 Å². The molecule has 136 valence electrons. The number of fused-ring (bicyclic) bond motifs is 3. The average molecular weight is 356 g/mol. The Balaban J connectivity index is 1.68. The minimum atomic E-state index is 0.0606. The number of hydrogen-bond acceptors (Lipinski definition) is 1. The van der Waals surface area contributed by atoms with Crippen LogP contribution in [0.15, 0.2) is 66.2 Å². The number of aryl methyl sites for hydroxylation is 1. The minimum Gasteiger partial charge on any atom is -0.307 e. The maximum absolute atomic E-state index is 13.5. The molecule has 3 aromatic rings. The summed E-state index contributed by atoms with van der Waals surface area (Å²) in [7, 11) is 0. The molecule has 3 heteroatoms. The molecule has 1 unspecified atom stereocenters. The number of allylic oxidation sites excluding steroid dienone is 1. The van der Waals surface area contributed by atoms with Crippen LogP contribution in [0.25, 0.3) is 10.9 Å². The van der Waals surface area contributed by atoms with E-state index in [9.17, 15) is 4.79 Å². The zero-order valence-electron chi connectivity index (χ0n) is 15.7. The van der Waals surface area contributed by atoms with Gasteiger partial charge < -0.3 is 4.90 Å². The van der Waals surface area contributed by atoms with Crippen LogP contribution in [-0.2, 0) is 6.54 Å². The summed E-state index contributed by atoms with van der Waals surface area (Å²) in [5.74, 6) is 0. The lowest BCUT2D eigenvalue weighted by Gasteiger charge is -2.29. The molecular weight excluding hydrogens is 332 g/mol. The molecule has 5 rings (SSSR count). The lowest BCUT2D eigenvalue weighted by molar-refractivity contribution is 0.197. The number of aromatic nitrogens is 1. The van der Waals surface area contributed by atoms with Crippen LogP contribution in [0.3, 0.4) is 0 Å². The highest BCUT2D eigenvalue weighted by Gasteiger charge is 2.41. The van der Waals surface area contributed by atoms with Gasteiger partial charge in [0.25, 0.3) is 0 Å². The standard InChI is InChI=1S/C24H24N2O/c1-17-20-14-8-9-15-21(20)26-22(17)23(19-12-6-3-7-13-19)25(24(26)27)16-18-10-4-2-5-11-18/h2,4-5,8-12,14-15,23H,3,6-7,13,16H2,1H3. The van der Waals surface area contributed by atoms with Gasteiger partial charge in [-0.25, -0.2) is 4.79 Å². The highest BCUT2D eigenvalue weighted by atomic mass is 16.2. The number of rotatable bonds is 3. The number of para-hydroxylation sites is 1. The molecule has 0 N–H and O–H groups in total. The predicted molar refractivity (Wildman–Crippen MR) is 109 cm³/mol. The molecular formula is C24H24N2O. The van der Waals surface area contributed by atoms with Gasteiger partial charge in [0, 0.05) is 11.9 Å². The van der Waals surface area contributed by atoms with Crippen molar-refractivity contribution < 1.29 is 4.79 Å². The van der Waals surface area contributed by atoms with Crippen LogP contribution in [0.4, 0.5) is 4.79 Å². The Kier molecular flexibility index (Phi) is 3.89. The molecule has 0 bridgehead atoms. The van der Waals surface area contributed by atoms with E-state index in [-0.39, 0.29) is 12.1 Å². The van der Waals surface area contributed by atoms with Crippen molar-refractivity contribution in [1.29, 1.82) is 0 Å². The summed E-state index contributed by atoms with van der Waals surface area (Å²) in [6.45, 7) is 2.82. The number of nitrogens with zero attached hydrogens (tertiary/aromatic N) is 2. The molecule has 3 nitrogen and oxygen atoms in total. The van der Waals surface area contributed by atoms with Crippen molar-refractivity contribution in [2.24, 2.45) is 0 Å². The minimum absolute atomic E-state index is 0.0606. The van der Waals surface area contributed by atoms with Crippen molar-refractivity contribution in [3.8, 4) is 0 Å². The molecule has 1 aliphatic carbocycles. The van der Waals surface area contributed by atoms with Gasteiger partial charge in [0.15, 0.2) is 0 Å². The fourth-order valence-corrected chi connectivity index (χ4v) is 4.77. The molecule has 1 atom stereocenters. The lowest BCUT2D eigenvalue weighted by Crippen LogP contribution is -2.30. The SMILES string of the molecule is Cc1c2n(c3ccccc13)C(=O)N(Cc1ccccc1)C2C1=CCCCC1. The second-order valence-corrected chi connectivity index (χ2v) is 7.69. The summed E-state index contributed by atoms with van der Waals surface area (Å²) in [6.07, 6.45) is 7.06. The first-order chi connectivity index (χ1) is 13.3. The number of amides is 1. The maximum atomic E-state index is 13.5. The average Bonchev–Trinajstić information content (AvgIpc) is 3.17. The summed E-state index contributed by atoms with van der Waals surface area (Å²) >= 11 is 0. The first-order valence-electron chi connectivity index (χ1n) is 9.89. The highest BCUT2D eigenvalue weighted by molar-refractivity contribution is 5.98. The molecule has 0 saturated carbocycles. The van der Waals surface area contributed by atoms with E-state index >= 15 is 0 Å². The van der Waals surface area contributed by atoms with Crippen LogP contribution in [-0.4, -0.2) is 15.5 Å². The molecule has 0 saturated heterocycles. The molecule has 2 aromatic carbocycles. The number of carbonyl (C=O) groups is 1. The van der Waals surface area contributed by atoms with E-state index < -0.39 is 0 Å². The van der Waals surface area contributed by atoms with Gasteiger partial charge in [-0.05, 0) is 55.4 Å². The van der Waals surface area contributed by atoms with Crippen molar-refractivity contribution in [2.45, 2.75) is 45.2 Å². The summed E-state index contributed by atoms with van der Waals surface area (Å²) in [6, 6.07) is 18.8. The summed E-state index contributed by atoms with van der Waals surface area (Å²) < 4.78 is 1.97. The van der Waals surface area contributed by atoms with Gasteiger partial charge in [0.2, 0.25) is 0 Å². The normalized spacial score (nSPS) is 19.4. The van der Waals surface area contributed by atoms with Gasteiger partial charge in [-0.15, -0.1) is 0 Å². The van der Waals surface area contributed by atoms with Crippen LogP contribution in [0.1, 0.15) is 48.5 Å². The van der Waals surface area contributed by atoms with Gasteiger partial charge in [-0.3, -0.25) is 4.57 Å². The molecule has 1 aromatic heterocycles. The third-order valence-electron chi connectivity index (χ3n) is 6.05. The Morgan fingerprint density at radius 3 is 2.56 bits per heavy atom. The van der Waals surface area contributed by atoms with Gasteiger partial charge in [-0.1, -0.05) is 54.6 Å². The summed E-state index contributed by atoms with van der Waals surface area (Å²) in [4.78, 5) is 15.6. The Labute approximate surface area is 159 Å². The van der Waals surface area contributed by atoms with Crippen LogP contribution in [0.2, 0.25) is 0 Å². The van der Waals surface area contributed by atoms with Crippen molar-refractivity contribution in [3.05, 3.63) is 83.1 Å². The van der Waals surface area contributed by atoms with Crippen molar-refractivity contribution in [3.63, 3.8) is 0 Å². The molecule has 2 heterocycles. The zero-order chi connectivity index (χ0) is 18.4. The maximum Gasteiger partial charge on any atom is 0.330 e. The third-order valence-corrected chi connectivity index (χ3v) is 6.05. The van der Waals surface area contributed by atoms with E-state index in [1.165, 1.54) is 40.6 Å². The zero-order valence-corrected chi connectivity index (χ0v) is 15.7. The van der Waals surface area contributed by atoms with Gasteiger partial charge >= 0.3 is 6.03 Å². The first kappa shape index (κ1) is 16.4. The van der Waals surface area contributed by atoms with E-state index in [4.69, 9.17) is 0 Å². The van der Waals surface area contributed by atoms with Crippen molar-refractivity contribution in [2.75, 3.05) is 0 Å². The Bertz CT molecular complexity index is 1040. The van der Waals surface area contributed by atoms with Crippen molar-refractivity contribution in [1.82, 2.24) is 9.47 Å². The third kappa shape index (κ3) is 2.53. The molecule has 0 fully saturated rings. The summed E-state index contributed by atoms with van der Waals surface area (Å²) in [5.41, 5.74) is 6.04. The monoisotopic (exact) mass is 356 g/mol. The first-order valence-corrected chi connectivity index (χ1v) is 9.89. The van der Waals surface area contributed by atoms with Gasteiger partial charge in [0.1, 0.15) is 0 Å². The Morgan fingerprint density at radius 1 is 1.00 bits per heavy atom. The van der Waals surface area contributed by atoms with E-state index in [0.29, 0.717) is 6.54 Å². The van der Waals surface area contributed by atoms with Crippen molar-refractivity contribution >= 4 is 16.9 Å². The fourth-order valence-electron chi connectivity index (χ4n) is 4.77. The van der Waals surface area contributed by atoms with Gasteiger partial charge in [0.05, 0.1) is 17.3 Å². The second-order valence-electron chi connectivity index (χ2n) is 7.69. The molecule has 27 heavy (non-hydrogen) atoms. The van der Waals surface area contributed by atoms with Crippen LogP contribution < -0.4 is 0 Å². The van der Waals surface area contributed by atoms with Crippen LogP contribution in [0.5, 0.6) is 0 Å².